The average molecular weight is 572 g/mol. The Labute approximate surface area is 240 Å². The fraction of sp³-hybridized carbons (Fsp3) is 0.857. The number of nitrogens with zero attached hydrogens (tertiary/aromatic N) is 4. The highest BCUT2D eigenvalue weighted by atomic mass is 16.6. The van der Waals surface area contributed by atoms with Crippen LogP contribution >= 0.6 is 0 Å². The summed E-state index contributed by atoms with van der Waals surface area (Å²) in [6.07, 6.45) is 0.104. The van der Waals surface area contributed by atoms with Crippen LogP contribution in [0.2, 0.25) is 0 Å². The molecule has 2 N–H and O–H groups in total. The van der Waals surface area contributed by atoms with Crippen molar-refractivity contribution in [3.05, 3.63) is 0 Å². The van der Waals surface area contributed by atoms with E-state index >= 15 is 0 Å². The number of hydrogen-bond acceptors (Lipinski definition) is 8. The first kappa shape index (κ1) is 35.3. The molecule has 0 aromatic heterocycles. The first-order chi connectivity index (χ1) is 18.3. The molecule has 0 saturated carbocycles. The highest BCUT2D eigenvalue weighted by molar-refractivity contribution is 5.76. The molecule has 0 radical (unpaired) electrons. The average Bonchev–Trinajstić information content (AvgIpc) is 2.75. The van der Waals surface area contributed by atoms with Crippen LogP contribution in [-0.2, 0) is 19.0 Å². The van der Waals surface area contributed by atoms with E-state index in [1.54, 1.807) is 67.2 Å². The predicted octanol–water partition coefficient (Wildman–Crippen LogP) is 3.67. The number of nitrogens with two attached hydrogens (primary N) is 1. The van der Waals surface area contributed by atoms with Crippen molar-refractivity contribution in [3.63, 3.8) is 0 Å². The number of amides is 4. The summed E-state index contributed by atoms with van der Waals surface area (Å²) in [5.74, 6) is -0.0748. The second-order valence-corrected chi connectivity index (χ2v) is 13.0. The van der Waals surface area contributed by atoms with Gasteiger partial charge in [0.25, 0.3) is 0 Å². The van der Waals surface area contributed by atoms with E-state index in [2.05, 4.69) is 0 Å². The number of unbranched alkanes of at least 4 members (excludes halogenated alkanes) is 1. The van der Waals surface area contributed by atoms with Crippen LogP contribution in [0, 0.1) is 0 Å². The highest BCUT2D eigenvalue weighted by Gasteiger charge is 2.30. The molecule has 1 aliphatic rings. The minimum absolute atomic E-state index is 0.0748. The van der Waals surface area contributed by atoms with Gasteiger partial charge in [-0.25, -0.2) is 14.4 Å². The molecule has 0 aliphatic carbocycles. The van der Waals surface area contributed by atoms with E-state index in [1.165, 1.54) is 14.7 Å². The molecule has 232 valence electrons. The third-order valence-corrected chi connectivity index (χ3v) is 5.71. The van der Waals surface area contributed by atoms with Crippen molar-refractivity contribution in [2.24, 2.45) is 5.73 Å². The predicted molar refractivity (Wildman–Crippen MR) is 153 cm³/mol. The summed E-state index contributed by atoms with van der Waals surface area (Å²) in [6.45, 7) is 18.1. The lowest BCUT2D eigenvalue weighted by atomic mass is 10.2. The zero-order valence-corrected chi connectivity index (χ0v) is 26.2. The normalized spacial score (nSPS) is 16.6. The van der Waals surface area contributed by atoms with Gasteiger partial charge in [0.05, 0.1) is 0 Å². The Bertz CT molecular complexity index is 801. The summed E-state index contributed by atoms with van der Waals surface area (Å²) < 4.78 is 16.8. The molecule has 4 amide bonds. The van der Waals surface area contributed by atoms with Crippen LogP contribution in [0.1, 0.15) is 81.6 Å². The first-order valence-corrected chi connectivity index (χ1v) is 14.2. The molecule has 0 bridgehead atoms. The Morgan fingerprint density at radius 1 is 0.525 bits per heavy atom. The van der Waals surface area contributed by atoms with Crippen LogP contribution in [0.5, 0.6) is 0 Å². The molecule has 1 heterocycles. The molecule has 0 spiro atoms. The van der Waals surface area contributed by atoms with Crippen LogP contribution in [0.25, 0.3) is 0 Å². The van der Waals surface area contributed by atoms with E-state index in [9.17, 15) is 19.2 Å². The largest absolute Gasteiger partial charge is 0.444 e. The number of hydrogen-bond donors (Lipinski definition) is 1. The molecule has 0 unspecified atom stereocenters. The van der Waals surface area contributed by atoms with Crippen molar-refractivity contribution in [1.29, 1.82) is 0 Å². The molecule has 0 aromatic rings. The minimum atomic E-state index is -0.721. The first-order valence-electron chi connectivity index (χ1n) is 14.2. The van der Waals surface area contributed by atoms with Crippen molar-refractivity contribution in [2.45, 2.75) is 98.4 Å². The van der Waals surface area contributed by atoms with Crippen molar-refractivity contribution < 1.29 is 33.4 Å². The van der Waals surface area contributed by atoms with Gasteiger partial charge in [-0.2, -0.15) is 0 Å². The van der Waals surface area contributed by atoms with Gasteiger partial charge >= 0.3 is 18.3 Å². The van der Waals surface area contributed by atoms with Crippen molar-refractivity contribution in [1.82, 2.24) is 19.6 Å². The molecule has 0 atom stereocenters. The third kappa shape index (κ3) is 14.6. The fourth-order valence-corrected chi connectivity index (χ4v) is 3.77. The maximum Gasteiger partial charge on any atom is 0.410 e. The molecular formula is C28H53N5O7. The van der Waals surface area contributed by atoms with E-state index in [1.807, 2.05) is 0 Å². The van der Waals surface area contributed by atoms with Crippen molar-refractivity contribution in [2.75, 3.05) is 58.9 Å². The van der Waals surface area contributed by atoms with Gasteiger partial charge in [0, 0.05) is 58.8 Å². The summed E-state index contributed by atoms with van der Waals surface area (Å²) in [7, 11) is 0. The number of carbonyl (C=O) groups is 4. The Kier molecular flexibility index (Phi) is 13.5. The highest BCUT2D eigenvalue weighted by Crippen LogP contribution is 2.15. The Balaban J connectivity index is 3.29. The molecular weight excluding hydrogens is 518 g/mol. The summed E-state index contributed by atoms with van der Waals surface area (Å²) >= 11 is 0. The van der Waals surface area contributed by atoms with E-state index in [0.29, 0.717) is 19.4 Å². The van der Waals surface area contributed by atoms with Crippen LogP contribution in [0.3, 0.4) is 0 Å². The van der Waals surface area contributed by atoms with E-state index in [-0.39, 0.29) is 58.3 Å². The Hall–Kier alpha value is -2.76. The zero-order chi connectivity index (χ0) is 30.7. The van der Waals surface area contributed by atoms with Gasteiger partial charge in [0.1, 0.15) is 16.8 Å². The van der Waals surface area contributed by atoms with Crippen molar-refractivity contribution in [3.8, 4) is 0 Å². The molecule has 1 saturated heterocycles. The minimum Gasteiger partial charge on any atom is -0.444 e. The SMILES string of the molecule is CC(C)(C)OC(=O)N1CCN(C(=O)CCCCN)CCN(C(=O)OC(C)(C)C)CCN(C(=O)OC(C)(C)C)CC1. The van der Waals surface area contributed by atoms with E-state index in [4.69, 9.17) is 19.9 Å². The van der Waals surface area contributed by atoms with Crippen LogP contribution in [-0.4, -0.2) is 119 Å². The molecule has 0 aromatic carbocycles. The van der Waals surface area contributed by atoms with Crippen LogP contribution in [0.4, 0.5) is 14.4 Å². The van der Waals surface area contributed by atoms with Gasteiger partial charge < -0.3 is 39.5 Å². The van der Waals surface area contributed by atoms with Gasteiger partial charge in [-0.05, 0) is 81.7 Å². The lowest BCUT2D eigenvalue weighted by Gasteiger charge is -2.36. The lowest BCUT2D eigenvalue weighted by Crippen LogP contribution is -2.52. The topological polar surface area (TPSA) is 135 Å². The van der Waals surface area contributed by atoms with Crippen LogP contribution < -0.4 is 5.73 Å². The Morgan fingerprint density at radius 2 is 0.800 bits per heavy atom. The molecule has 1 aliphatic heterocycles. The molecule has 12 nitrogen and oxygen atoms in total. The van der Waals surface area contributed by atoms with Gasteiger partial charge in [0.2, 0.25) is 5.91 Å². The van der Waals surface area contributed by atoms with Crippen molar-refractivity contribution >= 4 is 24.2 Å². The number of rotatable bonds is 4. The second kappa shape index (κ2) is 15.3. The fourth-order valence-electron chi connectivity index (χ4n) is 3.77. The zero-order valence-electron chi connectivity index (χ0n) is 26.2. The summed E-state index contributed by atoms with van der Waals surface area (Å²) in [4.78, 5) is 58.5. The monoisotopic (exact) mass is 571 g/mol. The second-order valence-electron chi connectivity index (χ2n) is 13.0. The molecule has 12 heteroatoms. The molecule has 40 heavy (non-hydrogen) atoms. The summed E-state index contributed by atoms with van der Waals surface area (Å²) in [5.41, 5.74) is 3.46. The quantitative estimate of drug-likeness (QED) is 0.399. The maximum absolute atomic E-state index is 13.1. The van der Waals surface area contributed by atoms with E-state index in [0.717, 1.165) is 6.42 Å². The van der Waals surface area contributed by atoms with Gasteiger partial charge in [0.15, 0.2) is 0 Å². The molecule has 1 rings (SSSR count). The third-order valence-electron chi connectivity index (χ3n) is 5.71. The standard InChI is InChI=1S/C28H53N5O7/c1-26(2,3)38-23(35)31-16-14-30(22(34)12-10-11-13-29)15-17-32(24(36)39-27(4,5)6)19-21-33(20-18-31)25(37)40-28(7,8)9/h10-21,29H2,1-9H3. The smallest absolute Gasteiger partial charge is 0.410 e. The van der Waals surface area contributed by atoms with Gasteiger partial charge in [-0.15, -0.1) is 0 Å². The lowest BCUT2D eigenvalue weighted by molar-refractivity contribution is -0.131. The maximum atomic E-state index is 13.1. The number of carbonyl (C=O) groups excluding carboxylic acids is 4. The van der Waals surface area contributed by atoms with Crippen LogP contribution in [0.15, 0.2) is 0 Å². The van der Waals surface area contributed by atoms with E-state index < -0.39 is 35.1 Å². The Morgan fingerprint density at radius 3 is 1.05 bits per heavy atom. The number of ether oxygens (including phenoxy) is 3. The van der Waals surface area contributed by atoms with Gasteiger partial charge in [-0.3, -0.25) is 4.79 Å². The summed E-state index contributed by atoms with van der Waals surface area (Å²) in [6, 6.07) is 0. The molecule has 1 fully saturated rings. The summed E-state index contributed by atoms with van der Waals surface area (Å²) in [5, 5.41) is 0. The van der Waals surface area contributed by atoms with Gasteiger partial charge in [-0.1, -0.05) is 0 Å².